The van der Waals surface area contributed by atoms with Crippen LogP contribution in [-0.2, 0) is 22.7 Å². The number of fused-ring (bicyclic) bond motifs is 1. The molecule has 0 aromatic heterocycles. The highest BCUT2D eigenvalue weighted by atomic mass is 19.1. The maximum Gasteiger partial charge on any atom is 0.255 e. The van der Waals surface area contributed by atoms with Gasteiger partial charge >= 0.3 is 0 Å². The third-order valence-electron chi connectivity index (χ3n) is 7.54. The largest absolute Gasteiger partial charge is 0.377 e. The summed E-state index contributed by atoms with van der Waals surface area (Å²) in [6, 6.07) is 10.9. The van der Waals surface area contributed by atoms with Gasteiger partial charge in [0.15, 0.2) is 0 Å². The number of halogens is 1. The number of hydrogen-bond acceptors (Lipinski definition) is 5. The van der Waals surface area contributed by atoms with Crippen molar-refractivity contribution in [1.29, 1.82) is 0 Å². The predicted octanol–water partition coefficient (Wildman–Crippen LogP) is 3.03. The molecule has 2 saturated heterocycles. The van der Waals surface area contributed by atoms with Gasteiger partial charge in [0, 0.05) is 44.9 Å². The topological polar surface area (TPSA) is 73.0 Å². The van der Waals surface area contributed by atoms with Crippen LogP contribution in [0.2, 0.25) is 0 Å². The Labute approximate surface area is 204 Å². The molecule has 2 aromatic rings. The summed E-state index contributed by atoms with van der Waals surface area (Å²) >= 11 is 0. The Morgan fingerprint density at radius 2 is 1.80 bits per heavy atom. The van der Waals surface area contributed by atoms with Gasteiger partial charge in [0.1, 0.15) is 11.9 Å². The molecular weight excluding hydrogens is 447 g/mol. The lowest BCUT2D eigenvalue weighted by Crippen LogP contribution is -2.52. The predicted molar refractivity (Wildman–Crippen MR) is 130 cm³/mol. The zero-order chi connectivity index (χ0) is 24.7. The summed E-state index contributed by atoms with van der Waals surface area (Å²) in [7, 11) is 4.10. The van der Waals surface area contributed by atoms with Gasteiger partial charge in [0.05, 0.1) is 0 Å². The van der Waals surface area contributed by atoms with E-state index in [4.69, 9.17) is 0 Å². The van der Waals surface area contributed by atoms with E-state index in [1.54, 1.807) is 0 Å². The number of nitrogens with one attached hydrogen (secondary N) is 1. The number of imide groups is 1. The number of amides is 3. The molecule has 0 aliphatic carbocycles. The summed E-state index contributed by atoms with van der Waals surface area (Å²) in [5.74, 6) is -1.36. The SMILES string of the molecule is CN(C)c1ccccc1CN1CCC(c2cc3c(cc2F)C(=O)N(C2CCC(=O)NC2=O)C3)CC1. The van der Waals surface area contributed by atoms with Crippen LogP contribution in [0.4, 0.5) is 10.1 Å². The number of nitrogens with zero attached hydrogens (tertiary/aromatic N) is 3. The van der Waals surface area contributed by atoms with Crippen molar-refractivity contribution in [3.05, 3.63) is 64.5 Å². The van der Waals surface area contributed by atoms with Gasteiger partial charge in [-0.2, -0.15) is 0 Å². The third kappa shape index (κ3) is 4.55. The number of carbonyl (C=O) groups excluding carboxylic acids is 3. The van der Waals surface area contributed by atoms with E-state index in [0.29, 0.717) is 17.5 Å². The lowest BCUT2D eigenvalue weighted by Gasteiger charge is -2.33. The summed E-state index contributed by atoms with van der Waals surface area (Å²) in [4.78, 5) is 42.7. The molecule has 2 fully saturated rings. The highest BCUT2D eigenvalue weighted by Gasteiger charge is 2.40. The third-order valence-corrected chi connectivity index (χ3v) is 7.54. The van der Waals surface area contributed by atoms with Crippen LogP contribution in [0.1, 0.15) is 58.6 Å². The highest BCUT2D eigenvalue weighted by Crippen LogP contribution is 2.36. The molecule has 184 valence electrons. The van der Waals surface area contributed by atoms with Crippen LogP contribution in [0.5, 0.6) is 0 Å². The fourth-order valence-corrected chi connectivity index (χ4v) is 5.64. The molecule has 5 rings (SSSR count). The van der Waals surface area contributed by atoms with Crippen molar-refractivity contribution < 1.29 is 18.8 Å². The van der Waals surface area contributed by atoms with Crippen LogP contribution in [0.15, 0.2) is 36.4 Å². The van der Waals surface area contributed by atoms with Crippen LogP contribution in [0.25, 0.3) is 0 Å². The van der Waals surface area contributed by atoms with Gasteiger partial charge in [-0.3, -0.25) is 24.6 Å². The monoisotopic (exact) mass is 478 g/mol. The van der Waals surface area contributed by atoms with E-state index in [0.717, 1.165) is 38.0 Å². The summed E-state index contributed by atoms with van der Waals surface area (Å²) in [6.07, 6.45) is 2.21. The smallest absolute Gasteiger partial charge is 0.255 e. The molecule has 3 aliphatic rings. The molecule has 1 atom stereocenters. The first-order valence-corrected chi connectivity index (χ1v) is 12.3. The molecule has 8 heteroatoms. The first kappa shape index (κ1) is 23.5. The van der Waals surface area contributed by atoms with Crippen molar-refractivity contribution in [2.75, 3.05) is 32.1 Å². The van der Waals surface area contributed by atoms with Crippen molar-refractivity contribution in [3.63, 3.8) is 0 Å². The number of para-hydroxylation sites is 1. The van der Waals surface area contributed by atoms with Gasteiger partial charge in [-0.1, -0.05) is 24.3 Å². The quantitative estimate of drug-likeness (QED) is 0.669. The van der Waals surface area contributed by atoms with Crippen molar-refractivity contribution in [1.82, 2.24) is 15.1 Å². The Morgan fingerprint density at radius 1 is 1.06 bits per heavy atom. The van der Waals surface area contributed by atoms with Crippen LogP contribution in [0.3, 0.4) is 0 Å². The molecule has 7 nitrogen and oxygen atoms in total. The van der Waals surface area contributed by atoms with Gasteiger partial charge in [-0.25, -0.2) is 4.39 Å². The van der Waals surface area contributed by atoms with Gasteiger partial charge < -0.3 is 9.80 Å². The number of likely N-dealkylation sites (tertiary alicyclic amines) is 1. The highest BCUT2D eigenvalue weighted by molar-refractivity contribution is 6.05. The number of hydrogen-bond donors (Lipinski definition) is 1. The normalized spacial score (nSPS) is 21.3. The van der Waals surface area contributed by atoms with E-state index >= 15 is 4.39 Å². The van der Waals surface area contributed by atoms with Crippen molar-refractivity contribution >= 4 is 23.4 Å². The minimum Gasteiger partial charge on any atom is -0.377 e. The first-order valence-electron chi connectivity index (χ1n) is 12.3. The summed E-state index contributed by atoms with van der Waals surface area (Å²) in [6.45, 7) is 2.89. The zero-order valence-corrected chi connectivity index (χ0v) is 20.2. The number of rotatable bonds is 5. The fraction of sp³-hybridized carbons (Fsp3) is 0.444. The maximum atomic E-state index is 15.2. The zero-order valence-electron chi connectivity index (χ0n) is 20.2. The number of carbonyl (C=O) groups is 3. The van der Waals surface area contributed by atoms with Gasteiger partial charge in [0.25, 0.3) is 5.91 Å². The summed E-state index contributed by atoms with van der Waals surface area (Å²) in [5.41, 5.74) is 4.25. The molecule has 3 amide bonds. The average Bonchev–Trinajstić information content (AvgIpc) is 3.14. The van der Waals surface area contributed by atoms with E-state index in [1.165, 1.54) is 22.2 Å². The molecule has 3 heterocycles. The minimum absolute atomic E-state index is 0.0976. The molecular formula is C27H31FN4O3. The van der Waals surface area contributed by atoms with Crippen molar-refractivity contribution in [2.24, 2.45) is 0 Å². The number of anilines is 1. The van der Waals surface area contributed by atoms with Gasteiger partial charge in [0.2, 0.25) is 11.8 Å². The number of benzene rings is 2. The molecule has 0 radical (unpaired) electrons. The number of piperidine rings is 2. The molecule has 0 bridgehead atoms. The molecule has 1 N–H and O–H groups in total. The van der Waals surface area contributed by atoms with E-state index in [-0.39, 0.29) is 36.5 Å². The minimum atomic E-state index is -0.688. The van der Waals surface area contributed by atoms with E-state index in [2.05, 4.69) is 33.3 Å². The Hall–Kier alpha value is -3.26. The first-order chi connectivity index (χ1) is 16.8. The van der Waals surface area contributed by atoms with E-state index in [9.17, 15) is 14.4 Å². The molecule has 2 aromatic carbocycles. The Bertz CT molecular complexity index is 1170. The lowest BCUT2D eigenvalue weighted by molar-refractivity contribution is -0.136. The standard InChI is InChI=1S/C27H31FN4O3/c1-30(2)23-6-4-3-5-18(23)15-31-11-9-17(10-12-31)20-13-19-16-32(27(35)21(19)14-22(20)28)24-7-8-25(33)29-26(24)34/h3-6,13-14,17,24H,7-12,15-16H2,1-2H3,(H,29,33,34). The molecule has 35 heavy (non-hydrogen) atoms. The second-order valence-electron chi connectivity index (χ2n) is 10.0. The van der Waals surface area contributed by atoms with Crippen molar-refractivity contribution in [3.8, 4) is 0 Å². The van der Waals surface area contributed by atoms with Crippen molar-refractivity contribution in [2.45, 2.75) is 50.7 Å². The van der Waals surface area contributed by atoms with E-state index in [1.807, 2.05) is 26.2 Å². The van der Waals surface area contributed by atoms with Crippen LogP contribution < -0.4 is 10.2 Å². The summed E-state index contributed by atoms with van der Waals surface area (Å²) in [5, 5.41) is 2.31. The second-order valence-corrected chi connectivity index (χ2v) is 10.0. The van der Waals surface area contributed by atoms with Crippen LogP contribution in [0, 0.1) is 5.82 Å². The molecule has 1 unspecified atom stereocenters. The fourth-order valence-electron chi connectivity index (χ4n) is 5.64. The van der Waals surface area contributed by atoms with Crippen LogP contribution in [-0.4, -0.2) is 60.7 Å². The summed E-state index contributed by atoms with van der Waals surface area (Å²) < 4.78 is 15.2. The molecule has 3 aliphatic heterocycles. The van der Waals surface area contributed by atoms with E-state index < -0.39 is 11.9 Å². The Kier molecular flexibility index (Phi) is 6.32. The van der Waals surface area contributed by atoms with Gasteiger partial charge in [-0.05, 0) is 67.1 Å². The second kappa shape index (κ2) is 9.41. The van der Waals surface area contributed by atoms with Gasteiger partial charge in [-0.15, -0.1) is 0 Å². The lowest BCUT2D eigenvalue weighted by atomic mass is 9.87. The Morgan fingerprint density at radius 3 is 2.51 bits per heavy atom. The molecule has 0 saturated carbocycles. The van der Waals surface area contributed by atoms with Crippen LogP contribution >= 0.6 is 0 Å². The maximum absolute atomic E-state index is 15.2. The average molecular weight is 479 g/mol. The Balaban J connectivity index is 1.27. The molecule has 0 spiro atoms.